The van der Waals surface area contributed by atoms with Gasteiger partial charge in [0.25, 0.3) is 0 Å². The van der Waals surface area contributed by atoms with E-state index in [2.05, 4.69) is 13.8 Å². The van der Waals surface area contributed by atoms with Crippen LogP contribution in [-0.4, -0.2) is 23.3 Å². The molecule has 0 unspecified atom stereocenters. The van der Waals surface area contributed by atoms with Crippen LogP contribution in [0.4, 0.5) is 0 Å². The molecule has 6 atom stereocenters. The molecule has 0 radical (unpaired) electrons. The van der Waals surface area contributed by atoms with E-state index in [0.29, 0.717) is 24.0 Å². The lowest BCUT2D eigenvalue weighted by Gasteiger charge is -2.54. The van der Waals surface area contributed by atoms with Gasteiger partial charge in [-0.3, -0.25) is 9.59 Å². The van der Waals surface area contributed by atoms with E-state index in [1.807, 2.05) is 6.08 Å². The van der Waals surface area contributed by atoms with E-state index < -0.39 is 0 Å². The molecule has 1 heterocycles. The third-order valence-corrected chi connectivity index (χ3v) is 8.04. The van der Waals surface area contributed by atoms with Gasteiger partial charge in [-0.15, -0.1) is 0 Å². The third kappa shape index (κ3) is 1.26. The number of hydrogen-bond donors (Lipinski definition) is 0. The maximum atomic E-state index is 12.5. The number of carbonyl (C=O) groups excluding carboxylic acids is 2. The van der Waals surface area contributed by atoms with E-state index in [-0.39, 0.29) is 28.3 Å². The summed E-state index contributed by atoms with van der Waals surface area (Å²) in [6.07, 6.45) is 8.58. The largest absolute Gasteiger partial charge is 0.365 e. The fourth-order valence-electron chi connectivity index (χ4n) is 6.79. The number of carbonyl (C=O) groups is 2. The van der Waals surface area contributed by atoms with Crippen molar-refractivity contribution in [3.63, 3.8) is 0 Å². The first kappa shape index (κ1) is 13.5. The highest BCUT2D eigenvalue weighted by atomic mass is 16.6. The molecule has 1 saturated heterocycles. The lowest BCUT2D eigenvalue weighted by atomic mass is 9.47. The highest BCUT2D eigenvalue weighted by molar-refractivity contribution is 5.92. The Morgan fingerprint density at radius 3 is 2.68 bits per heavy atom. The van der Waals surface area contributed by atoms with Crippen LogP contribution in [0.1, 0.15) is 58.8 Å². The maximum Gasteiger partial charge on any atom is 0.155 e. The zero-order valence-electron chi connectivity index (χ0n) is 13.5. The molecular formula is C19H24O3. The summed E-state index contributed by atoms with van der Waals surface area (Å²) in [5.41, 5.74) is 1.15. The highest BCUT2D eigenvalue weighted by Crippen LogP contribution is 2.74. The van der Waals surface area contributed by atoms with Crippen molar-refractivity contribution in [2.75, 3.05) is 0 Å². The second-order valence-corrected chi connectivity index (χ2v) is 8.70. The Bertz CT molecular complexity index is 635. The number of Topliss-reactive ketones (excluding diaryl/α,β-unsaturated/α-hetero) is 1. The predicted molar refractivity (Wildman–Crippen MR) is 81.2 cm³/mol. The molecule has 118 valence electrons. The van der Waals surface area contributed by atoms with Gasteiger partial charge in [-0.05, 0) is 50.0 Å². The Hall–Kier alpha value is -0.960. The van der Waals surface area contributed by atoms with Crippen LogP contribution in [0, 0.1) is 22.7 Å². The van der Waals surface area contributed by atoms with Crippen molar-refractivity contribution >= 4 is 11.6 Å². The third-order valence-electron chi connectivity index (χ3n) is 8.04. The van der Waals surface area contributed by atoms with Crippen LogP contribution in [0.15, 0.2) is 11.6 Å². The van der Waals surface area contributed by atoms with Crippen LogP contribution < -0.4 is 0 Å². The summed E-state index contributed by atoms with van der Waals surface area (Å²) in [5.74, 6) is 1.76. The zero-order chi connectivity index (χ0) is 15.3. The first-order chi connectivity index (χ1) is 10.4. The number of ketones is 2. The van der Waals surface area contributed by atoms with Crippen molar-refractivity contribution in [1.29, 1.82) is 0 Å². The standard InChI is InChI=1S/C19H24O3/c1-17-10-16-19(22-16)14(13(17)5-6-15(17)21)4-3-11-9-12(20)7-8-18(11,19)2/h9,13-14,16H,3-8,10H2,1-2H3/t13-,14-,16-,17-,18-,19+/m0/s1. The van der Waals surface area contributed by atoms with Crippen LogP contribution in [-0.2, 0) is 14.3 Å². The molecule has 3 saturated carbocycles. The van der Waals surface area contributed by atoms with Crippen molar-refractivity contribution < 1.29 is 14.3 Å². The summed E-state index contributed by atoms with van der Waals surface area (Å²) < 4.78 is 6.42. The summed E-state index contributed by atoms with van der Waals surface area (Å²) in [4.78, 5) is 24.3. The van der Waals surface area contributed by atoms with Gasteiger partial charge >= 0.3 is 0 Å². The molecule has 0 aromatic heterocycles. The van der Waals surface area contributed by atoms with E-state index in [4.69, 9.17) is 4.74 Å². The molecule has 3 nitrogen and oxygen atoms in total. The first-order valence-electron chi connectivity index (χ1n) is 8.87. The Labute approximate surface area is 131 Å². The average Bonchev–Trinajstić information content (AvgIpc) is 3.12. The molecule has 0 aromatic carbocycles. The SMILES string of the molecule is C[C@]12CCC(=O)C=C1CC[C@H]1[C@@H]3CCC(=O)[C@@]3(C)C[C@@H]3O[C@@]312. The van der Waals surface area contributed by atoms with Gasteiger partial charge in [-0.1, -0.05) is 19.4 Å². The minimum atomic E-state index is -0.141. The smallest absolute Gasteiger partial charge is 0.155 e. The van der Waals surface area contributed by atoms with E-state index in [1.165, 1.54) is 5.57 Å². The summed E-state index contributed by atoms with van der Waals surface area (Å²) in [7, 11) is 0. The quantitative estimate of drug-likeness (QED) is 0.645. The molecule has 3 heteroatoms. The number of fused-ring (bicyclic) bond motifs is 3. The Morgan fingerprint density at radius 2 is 1.86 bits per heavy atom. The molecule has 5 rings (SSSR count). The second kappa shape index (κ2) is 3.75. The maximum absolute atomic E-state index is 12.5. The summed E-state index contributed by atoms with van der Waals surface area (Å²) >= 11 is 0. The van der Waals surface area contributed by atoms with Gasteiger partial charge in [0.1, 0.15) is 11.4 Å². The topological polar surface area (TPSA) is 46.7 Å². The lowest BCUT2D eigenvalue weighted by molar-refractivity contribution is -0.130. The van der Waals surface area contributed by atoms with Gasteiger partial charge in [0, 0.05) is 23.7 Å². The minimum Gasteiger partial charge on any atom is -0.365 e. The molecular weight excluding hydrogens is 276 g/mol. The molecule has 1 spiro atoms. The van der Waals surface area contributed by atoms with Crippen LogP contribution in [0.25, 0.3) is 0 Å². The van der Waals surface area contributed by atoms with Crippen LogP contribution in [0.2, 0.25) is 0 Å². The molecule has 0 bridgehead atoms. The fourth-order valence-corrected chi connectivity index (χ4v) is 6.79. The lowest BCUT2D eigenvalue weighted by Crippen LogP contribution is -2.57. The van der Waals surface area contributed by atoms with E-state index >= 15 is 0 Å². The van der Waals surface area contributed by atoms with Gasteiger partial charge in [-0.2, -0.15) is 0 Å². The van der Waals surface area contributed by atoms with Crippen molar-refractivity contribution in [1.82, 2.24) is 0 Å². The summed E-state index contributed by atoms with van der Waals surface area (Å²) in [6.45, 7) is 4.52. The Morgan fingerprint density at radius 1 is 1.09 bits per heavy atom. The molecule has 4 fully saturated rings. The van der Waals surface area contributed by atoms with E-state index in [1.54, 1.807) is 0 Å². The number of hydrogen-bond acceptors (Lipinski definition) is 3. The van der Waals surface area contributed by atoms with Crippen molar-refractivity contribution in [3.05, 3.63) is 11.6 Å². The fraction of sp³-hybridized carbons (Fsp3) is 0.789. The van der Waals surface area contributed by atoms with Crippen LogP contribution >= 0.6 is 0 Å². The molecule has 4 aliphatic carbocycles. The highest BCUT2D eigenvalue weighted by Gasteiger charge is 2.79. The van der Waals surface area contributed by atoms with Crippen LogP contribution in [0.5, 0.6) is 0 Å². The zero-order valence-corrected chi connectivity index (χ0v) is 13.5. The molecule has 0 aromatic rings. The number of ether oxygens (including phenoxy) is 1. The van der Waals surface area contributed by atoms with E-state index in [0.717, 1.165) is 38.5 Å². The first-order valence-corrected chi connectivity index (χ1v) is 8.87. The van der Waals surface area contributed by atoms with Crippen LogP contribution in [0.3, 0.4) is 0 Å². The molecule has 0 N–H and O–H groups in total. The van der Waals surface area contributed by atoms with Gasteiger partial charge in [0.2, 0.25) is 0 Å². The number of epoxide rings is 1. The second-order valence-electron chi connectivity index (χ2n) is 8.70. The van der Waals surface area contributed by atoms with Crippen molar-refractivity contribution in [2.45, 2.75) is 70.5 Å². The van der Waals surface area contributed by atoms with Crippen molar-refractivity contribution in [3.8, 4) is 0 Å². The molecule has 22 heavy (non-hydrogen) atoms. The Kier molecular flexibility index (Phi) is 2.29. The summed E-state index contributed by atoms with van der Waals surface area (Å²) in [6, 6.07) is 0. The molecule has 0 amide bonds. The van der Waals surface area contributed by atoms with Gasteiger partial charge < -0.3 is 4.74 Å². The van der Waals surface area contributed by atoms with Gasteiger partial charge in [0.15, 0.2) is 5.78 Å². The Balaban J connectivity index is 1.61. The number of rotatable bonds is 0. The van der Waals surface area contributed by atoms with Crippen molar-refractivity contribution in [2.24, 2.45) is 22.7 Å². The molecule has 5 aliphatic rings. The van der Waals surface area contributed by atoms with Gasteiger partial charge in [-0.25, -0.2) is 0 Å². The predicted octanol–water partition coefficient (Wildman–Crippen LogP) is 3.22. The average molecular weight is 300 g/mol. The minimum absolute atomic E-state index is 0.0292. The molecule has 1 aliphatic heterocycles. The normalized spacial score (nSPS) is 55.7. The summed E-state index contributed by atoms with van der Waals surface area (Å²) in [5, 5.41) is 0. The van der Waals surface area contributed by atoms with Gasteiger partial charge in [0.05, 0.1) is 6.10 Å². The van der Waals surface area contributed by atoms with E-state index in [9.17, 15) is 9.59 Å². The monoisotopic (exact) mass is 300 g/mol.